The first-order valence-electron chi connectivity index (χ1n) is 7.07. The van der Waals surface area contributed by atoms with Gasteiger partial charge in [0.1, 0.15) is 5.75 Å². The molecule has 0 aromatic heterocycles. The van der Waals surface area contributed by atoms with Crippen molar-refractivity contribution in [2.75, 3.05) is 13.7 Å². The van der Waals surface area contributed by atoms with Crippen LogP contribution in [-0.4, -0.2) is 24.6 Å². The van der Waals surface area contributed by atoms with Gasteiger partial charge in [-0.05, 0) is 29.8 Å². The molecule has 8 heteroatoms. The maximum absolute atomic E-state index is 11.9. The maximum atomic E-state index is 11.9. The van der Waals surface area contributed by atoms with Gasteiger partial charge in [-0.25, -0.2) is 4.79 Å². The van der Waals surface area contributed by atoms with E-state index in [1.54, 1.807) is 30.3 Å². The van der Waals surface area contributed by atoms with Gasteiger partial charge in [0.15, 0.2) is 18.1 Å². The molecule has 0 radical (unpaired) electrons. The van der Waals surface area contributed by atoms with Crippen LogP contribution in [0, 0.1) is 10.1 Å². The van der Waals surface area contributed by atoms with E-state index >= 15 is 0 Å². The van der Waals surface area contributed by atoms with Crippen molar-refractivity contribution in [3.63, 3.8) is 0 Å². The number of benzene rings is 2. The second-order valence-corrected chi connectivity index (χ2v) is 5.11. The van der Waals surface area contributed by atoms with E-state index in [0.717, 1.165) is 6.20 Å². The van der Waals surface area contributed by atoms with E-state index in [0.29, 0.717) is 16.3 Å². The smallest absolute Gasteiger partial charge is 0.349 e. The number of carbonyl (C=O) groups is 1. The molecular weight excluding hydrogens is 350 g/mol. The van der Waals surface area contributed by atoms with Crippen molar-refractivity contribution < 1.29 is 23.9 Å². The van der Waals surface area contributed by atoms with Gasteiger partial charge >= 0.3 is 5.97 Å². The number of nitro groups is 1. The van der Waals surface area contributed by atoms with E-state index in [-0.39, 0.29) is 18.1 Å². The normalized spacial score (nSPS) is 10.5. The lowest BCUT2D eigenvalue weighted by Crippen LogP contribution is -2.18. The second-order valence-electron chi connectivity index (χ2n) is 4.70. The number of halogens is 1. The molecule has 0 heterocycles. The lowest BCUT2D eigenvalue weighted by atomic mass is 10.2. The van der Waals surface area contributed by atoms with Crippen LogP contribution in [0.1, 0.15) is 5.56 Å². The molecule has 0 fully saturated rings. The van der Waals surface area contributed by atoms with Gasteiger partial charge in [0.05, 0.1) is 17.1 Å². The molecule has 0 atom stereocenters. The number of ether oxygens (including phenoxy) is 3. The van der Waals surface area contributed by atoms with Gasteiger partial charge in [0.25, 0.3) is 0 Å². The molecule has 0 aliphatic rings. The molecule has 25 heavy (non-hydrogen) atoms. The minimum Gasteiger partial charge on any atom is -0.493 e. The highest BCUT2D eigenvalue weighted by atomic mass is 35.5. The number of methoxy groups -OCH3 is 1. The molecule has 0 bridgehead atoms. The standard InChI is InChI=1S/C17H14ClNO6/c1-23-16-10-12(8-9-19(21)22)6-7-15(16)25-17(20)11-24-14-5-3-2-4-13(14)18/h2-10H,11H2,1H3. The highest BCUT2D eigenvalue weighted by molar-refractivity contribution is 6.32. The SMILES string of the molecule is COc1cc(C=C[N+](=O)[O-])ccc1OC(=O)COc1ccccc1Cl. The van der Waals surface area contributed by atoms with Crippen molar-refractivity contribution in [1.82, 2.24) is 0 Å². The summed E-state index contributed by atoms with van der Waals surface area (Å²) >= 11 is 5.93. The number of esters is 1. The predicted molar refractivity (Wildman–Crippen MR) is 91.6 cm³/mol. The van der Waals surface area contributed by atoms with Gasteiger partial charge in [-0.3, -0.25) is 10.1 Å². The van der Waals surface area contributed by atoms with Crippen LogP contribution < -0.4 is 14.2 Å². The van der Waals surface area contributed by atoms with Crippen molar-refractivity contribution in [2.24, 2.45) is 0 Å². The Hall–Kier alpha value is -3.06. The molecule has 0 unspecified atom stereocenters. The topological polar surface area (TPSA) is 87.9 Å². The Labute approximate surface area is 148 Å². The summed E-state index contributed by atoms with van der Waals surface area (Å²) in [5.74, 6) is 0.158. The first-order valence-corrected chi connectivity index (χ1v) is 7.45. The van der Waals surface area contributed by atoms with E-state index in [1.807, 2.05) is 0 Å². The summed E-state index contributed by atoms with van der Waals surface area (Å²) in [5.41, 5.74) is 0.528. The number of carbonyl (C=O) groups excluding carboxylic acids is 1. The fourth-order valence-corrected chi connectivity index (χ4v) is 2.06. The molecule has 2 aromatic carbocycles. The van der Waals surface area contributed by atoms with Gasteiger partial charge in [0.2, 0.25) is 6.20 Å². The largest absolute Gasteiger partial charge is 0.493 e. The summed E-state index contributed by atoms with van der Waals surface area (Å²) in [6, 6.07) is 11.3. The summed E-state index contributed by atoms with van der Waals surface area (Å²) in [4.78, 5) is 21.7. The lowest BCUT2D eigenvalue weighted by molar-refractivity contribution is -0.400. The summed E-state index contributed by atoms with van der Waals surface area (Å²) in [7, 11) is 1.40. The molecule has 2 aromatic rings. The molecular formula is C17H14ClNO6. The Morgan fingerprint density at radius 3 is 2.64 bits per heavy atom. The zero-order valence-electron chi connectivity index (χ0n) is 13.2. The Kier molecular flexibility index (Phi) is 6.36. The summed E-state index contributed by atoms with van der Waals surface area (Å²) in [6.07, 6.45) is 2.10. The molecule has 0 spiro atoms. The van der Waals surface area contributed by atoms with E-state index in [9.17, 15) is 14.9 Å². The van der Waals surface area contributed by atoms with Crippen LogP contribution in [0.3, 0.4) is 0 Å². The monoisotopic (exact) mass is 363 g/mol. The fraction of sp³-hybridized carbons (Fsp3) is 0.118. The number of para-hydroxylation sites is 1. The Morgan fingerprint density at radius 1 is 1.20 bits per heavy atom. The van der Waals surface area contributed by atoms with Crippen molar-refractivity contribution in [2.45, 2.75) is 0 Å². The lowest BCUT2D eigenvalue weighted by Gasteiger charge is -2.11. The number of nitrogens with zero attached hydrogens (tertiary/aromatic N) is 1. The van der Waals surface area contributed by atoms with Crippen molar-refractivity contribution in [3.8, 4) is 17.2 Å². The summed E-state index contributed by atoms with van der Waals surface area (Å²) in [6.45, 7) is -0.337. The van der Waals surface area contributed by atoms with Crippen LogP contribution in [0.5, 0.6) is 17.2 Å². The van der Waals surface area contributed by atoms with Crippen LogP contribution in [0.4, 0.5) is 0 Å². The zero-order chi connectivity index (χ0) is 18.2. The van der Waals surface area contributed by atoms with Crippen molar-refractivity contribution in [1.29, 1.82) is 0 Å². The van der Waals surface area contributed by atoms with Crippen molar-refractivity contribution >= 4 is 23.6 Å². The molecule has 0 saturated carbocycles. The average molecular weight is 364 g/mol. The number of hydrogen-bond donors (Lipinski definition) is 0. The van der Waals surface area contributed by atoms with Gasteiger partial charge < -0.3 is 14.2 Å². The van der Waals surface area contributed by atoms with Crippen LogP contribution >= 0.6 is 11.6 Å². The molecule has 2 rings (SSSR count). The third-order valence-electron chi connectivity index (χ3n) is 2.98. The Morgan fingerprint density at radius 2 is 1.96 bits per heavy atom. The molecule has 0 saturated heterocycles. The number of rotatable bonds is 7. The van der Waals surface area contributed by atoms with E-state index < -0.39 is 10.9 Å². The summed E-state index contributed by atoms with van der Waals surface area (Å²) < 4.78 is 15.6. The minimum absolute atomic E-state index is 0.175. The van der Waals surface area contributed by atoms with Crippen LogP contribution in [0.25, 0.3) is 6.08 Å². The highest BCUT2D eigenvalue weighted by Crippen LogP contribution is 2.29. The molecule has 130 valence electrons. The van der Waals surface area contributed by atoms with E-state index in [4.69, 9.17) is 25.8 Å². The Balaban J connectivity index is 2.02. The second kappa shape index (κ2) is 8.70. The average Bonchev–Trinajstić information content (AvgIpc) is 2.60. The molecule has 7 nitrogen and oxygen atoms in total. The summed E-state index contributed by atoms with van der Waals surface area (Å²) in [5, 5.41) is 10.7. The van der Waals surface area contributed by atoms with Crippen LogP contribution in [0.2, 0.25) is 5.02 Å². The predicted octanol–water partition coefficient (Wildman–Crippen LogP) is 3.58. The molecule has 0 aliphatic carbocycles. The molecule has 0 amide bonds. The molecule has 0 aliphatic heterocycles. The van der Waals surface area contributed by atoms with Gasteiger partial charge in [-0.1, -0.05) is 29.8 Å². The third-order valence-corrected chi connectivity index (χ3v) is 3.29. The third kappa shape index (κ3) is 5.50. The quantitative estimate of drug-likeness (QED) is 0.323. The molecule has 0 N–H and O–H groups in total. The van der Waals surface area contributed by atoms with Gasteiger partial charge in [-0.15, -0.1) is 0 Å². The van der Waals surface area contributed by atoms with Crippen LogP contribution in [-0.2, 0) is 4.79 Å². The first-order chi connectivity index (χ1) is 12.0. The van der Waals surface area contributed by atoms with E-state index in [1.165, 1.54) is 25.3 Å². The first kappa shape index (κ1) is 18.3. The van der Waals surface area contributed by atoms with Crippen molar-refractivity contribution in [3.05, 3.63) is 69.4 Å². The van der Waals surface area contributed by atoms with Crippen LogP contribution in [0.15, 0.2) is 48.7 Å². The minimum atomic E-state index is -0.646. The highest BCUT2D eigenvalue weighted by Gasteiger charge is 2.12. The van der Waals surface area contributed by atoms with E-state index in [2.05, 4.69) is 0 Å². The zero-order valence-corrected chi connectivity index (χ0v) is 13.9. The van der Waals surface area contributed by atoms with Gasteiger partial charge in [-0.2, -0.15) is 0 Å². The van der Waals surface area contributed by atoms with Gasteiger partial charge in [0, 0.05) is 6.08 Å². The maximum Gasteiger partial charge on any atom is 0.349 e. The fourth-order valence-electron chi connectivity index (χ4n) is 1.87. The Bertz CT molecular complexity index is 805. The number of hydrogen-bond acceptors (Lipinski definition) is 6.